The molecular weight excluding hydrogens is 226 g/mol. The Bertz CT molecular complexity index is 459. The van der Waals surface area contributed by atoms with Crippen molar-refractivity contribution in [3.8, 4) is 0 Å². The van der Waals surface area contributed by atoms with Crippen LogP contribution in [0.4, 0.5) is 0 Å². The zero-order chi connectivity index (χ0) is 12.5. The number of rotatable bonds is 4. The number of nitrogens with one attached hydrogen (secondary N) is 1. The van der Waals surface area contributed by atoms with Crippen LogP contribution < -0.4 is 5.32 Å². The second-order valence-corrected chi connectivity index (χ2v) is 5.29. The van der Waals surface area contributed by atoms with Crippen molar-refractivity contribution in [1.82, 2.24) is 5.32 Å². The molecule has 0 bridgehead atoms. The third-order valence-electron chi connectivity index (χ3n) is 4.23. The van der Waals surface area contributed by atoms with Crippen molar-refractivity contribution >= 4 is 11.7 Å². The zero-order valence-electron chi connectivity index (χ0n) is 10.3. The van der Waals surface area contributed by atoms with E-state index in [1.54, 1.807) is 12.1 Å². The van der Waals surface area contributed by atoms with E-state index in [9.17, 15) is 9.59 Å². The summed E-state index contributed by atoms with van der Waals surface area (Å²) >= 11 is 0. The maximum absolute atomic E-state index is 11.9. The number of ketones is 1. The predicted octanol–water partition coefficient (Wildman–Crippen LogP) is 2.03. The maximum Gasteiger partial charge on any atom is 0.224 e. The lowest BCUT2D eigenvalue weighted by Crippen LogP contribution is -2.31. The number of fused-ring (bicyclic) bond motifs is 1. The van der Waals surface area contributed by atoms with Gasteiger partial charge in [-0.3, -0.25) is 9.59 Å². The van der Waals surface area contributed by atoms with Gasteiger partial charge in [-0.1, -0.05) is 36.8 Å². The summed E-state index contributed by atoms with van der Waals surface area (Å²) in [6.07, 6.45) is 3.65. The number of carbonyl (C=O) groups excluding carboxylic acids is 2. The second-order valence-electron chi connectivity index (χ2n) is 5.29. The molecule has 2 fully saturated rings. The monoisotopic (exact) mass is 243 g/mol. The lowest BCUT2D eigenvalue weighted by atomic mass is 10.1. The fourth-order valence-corrected chi connectivity index (χ4v) is 3.22. The smallest absolute Gasteiger partial charge is 0.224 e. The first kappa shape index (κ1) is 11.5. The molecule has 0 spiro atoms. The Hall–Kier alpha value is -1.64. The van der Waals surface area contributed by atoms with Crippen LogP contribution in [0.3, 0.4) is 0 Å². The van der Waals surface area contributed by atoms with Gasteiger partial charge in [0.05, 0.1) is 6.54 Å². The Kier molecular flexibility index (Phi) is 2.90. The van der Waals surface area contributed by atoms with Crippen LogP contribution in [-0.2, 0) is 4.79 Å². The van der Waals surface area contributed by atoms with Crippen LogP contribution in [0, 0.1) is 17.8 Å². The van der Waals surface area contributed by atoms with Crippen molar-refractivity contribution in [1.29, 1.82) is 0 Å². The lowest BCUT2D eigenvalue weighted by Gasteiger charge is -2.06. The van der Waals surface area contributed by atoms with E-state index in [0.29, 0.717) is 17.4 Å². The van der Waals surface area contributed by atoms with E-state index in [4.69, 9.17) is 0 Å². The highest BCUT2D eigenvalue weighted by atomic mass is 16.2. The number of Topliss-reactive ketones (excluding diaryl/α,β-unsaturated/α-hetero) is 1. The molecule has 2 aliphatic rings. The molecule has 2 atom stereocenters. The molecule has 0 heterocycles. The van der Waals surface area contributed by atoms with Gasteiger partial charge in [0.25, 0.3) is 0 Å². The average Bonchev–Trinajstić information content (AvgIpc) is 2.90. The third-order valence-corrected chi connectivity index (χ3v) is 4.23. The standard InChI is InChI=1S/C15H17NO2/c17-13(10-5-2-1-3-6-10)9-16-15(18)14-11-7-4-8-12(11)14/h1-3,5-6,11-12,14H,4,7-9H2,(H,16,18). The molecule has 3 heteroatoms. The summed E-state index contributed by atoms with van der Waals surface area (Å²) in [6.45, 7) is 0.124. The minimum atomic E-state index is -0.0187. The van der Waals surface area contributed by atoms with Gasteiger partial charge in [-0.25, -0.2) is 0 Å². The quantitative estimate of drug-likeness (QED) is 0.822. The van der Waals surface area contributed by atoms with Crippen LogP contribution in [0.5, 0.6) is 0 Å². The minimum absolute atomic E-state index is 0.0187. The van der Waals surface area contributed by atoms with Crippen molar-refractivity contribution in [2.45, 2.75) is 19.3 Å². The molecule has 2 aliphatic carbocycles. The van der Waals surface area contributed by atoms with Crippen molar-refractivity contribution in [2.75, 3.05) is 6.54 Å². The summed E-state index contributed by atoms with van der Waals surface area (Å²) in [7, 11) is 0. The van der Waals surface area contributed by atoms with Gasteiger partial charge >= 0.3 is 0 Å². The first-order chi connectivity index (χ1) is 8.77. The van der Waals surface area contributed by atoms with Gasteiger partial charge in [-0.15, -0.1) is 0 Å². The average molecular weight is 243 g/mol. The van der Waals surface area contributed by atoms with Crippen molar-refractivity contribution < 1.29 is 9.59 Å². The summed E-state index contributed by atoms with van der Waals surface area (Å²) in [5.74, 6) is 1.47. The van der Waals surface area contributed by atoms with Crippen molar-refractivity contribution in [3.05, 3.63) is 35.9 Å². The Morgan fingerprint density at radius 3 is 2.44 bits per heavy atom. The van der Waals surface area contributed by atoms with E-state index >= 15 is 0 Å². The summed E-state index contributed by atoms with van der Waals surface area (Å²) in [5, 5.41) is 2.78. The predicted molar refractivity (Wildman–Crippen MR) is 68.1 cm³/mol. The molecule has 0 aliphatic heterocycles. The highest BCUT2D eigenvalue weighted by Crippen LogP contribution is 2.57. The minimum Gasteiger partial charge on any atom is -0.348 e. The fourth-order valence-electron chi connectivity index (χ4n) is 3.22. The number of carbonyl (C=O) groups is 2. The van der Waals surface area contributed by atoms with Crippen molar-refractivity contribution in [3.63, 3.8) is 0 Å². The normalized spacial score (nSPS) is 28.6. The van der Waals surface area contributed by atoms with Gasteiger partial charge in [0.1, 0.15) is 0 Å². The Morgan fingerprint density at radius 1 is 1.11 bits per heavy atom. The number of hydrogen-bond acceptors (Lipinski definition) is 2. The largest absolute Gasteiger partial charge is 0.348 e. The lowest BCUT2D eigenvalue weighted by molar-refractivity contribution is -0.122. The van der Waals surface area contributed by atoms with Crippen LogP contribution in [0.2, 0.25) is 0 Å². The highest BCUT2D eigenvalue weighted by Gasteiger charge is 2.56. The topological polar surface area (TPSA) is 46.2 Å². The molecular formula is C15H17NO2. The number of amides is 1. The molecule has 3 nitrogen and oxygen atoms in total. The molecule has 1 N–H and O–H groups in total. The molecule has 94 valence electrons. The van der Waals surface area contributed by atoms with Crippen LogP contribution in [-0.4, -0.2) is 18.2 Å². The Labute approximate surface area is 107 Å². The third kappa shape index (κ3) is 2.05. The molecule has 0 aromatic heterocycles. The summed E-state index contributed by atoms with van der Waals surface area (Å²) < 4.78 is 0. The highest BCUT2D eigenvalue weighted by molar-refractivity contribution is 5.99. The van der Waals surface area contributed by atoms with Gasteiger partial charge in [0, 0.05) is 11.5 Å². The molecule has 2 unspecified atom stereocenters. The molecule has 18 heavy (non-hydrogen) atoms. The molecule has 3 rings (SSSR count). The van der Waals surface area contributed by atoms with Crippen LogP contribution in [0.25, 0.3) is 0 Å². The van der Waals surface area contributed by atoms with E-state index in [2.05, 4.69) is 5.32 Å². The Balaban J connectivity index is 1.50. The summed E-state index contributed by atoms with van der Waals surface area (Å²) in [5.41, 5.74) is 0.661. The van der Waals surface area contributed by atoms with Crippen LogP contribution >= 0.6 is 0 Å². The second kappa shape index (κ2) is 4.56. The zero-order valence-corrected chi connectivity index (χ0v) is 10.3. The summed E-state index contributed by atoms with van der Waals surface area (Å²) in [6, 6.07) is 9.10. The van der Waals surface area contributed by atoms with E-state index < -0.39 is 0 Å². The first-order valence-corrected chi connectivity index (χ1v) is 6.63. The molecule has 1 aromatic carbocycles. The van der Waals surface area contributed by atoms with Crippen molar-refractivity contribution in [2.24, 2.45) is 17.8 Å². The van der Waals surface area contributed by atoms with E-state index in [-0.39, 0.29) is 24.2 Å². The number of benzene rings is 1. The van der Waals surface area contributed by atoms with E-state index in [1.165, 1.54) is 19.3 Å². The van der Waals surface area contributed by atoms with E-state index in [1.807, 2.05) is 18.2 Å². The van der Waals surface area contributed by atoms with Gasteiger partial charge in [0.2, 0.25) is 5.91 Å². The fraction of sp³-hybridized carbons (Fsp3) is 0.467. The van der Waals surface area contributed by atoms with Gasteiger partial charge in [0.15, 0.2) is 5.78 Å². The van der Waals surface area contributed by atoms with Gasteiger partial charge < -0.3 is 5.32 Å². The molecule has 0 radical (unpaired) electrons. The number of hydrogen-bond donors (Lipinski definition) is 1. The van der Waals surface area contributed by atoms with Crippen LogP contribution in [0.1, 0.15) is 29.6 Å². The molecule has 2 saturated carbocycles. The molecule has 1 aromatic rings. The molecule has 0 saturated heterocycles. The first-order valence-electron chi connectivity index (χ1n) is 6.63. The van der Waals surface area contributed by atoms with E-state index in [0.717, 1.165) is 0 Å². The SMILES string of the molecule is O=C(CNC(=O)C1C2CCCC21)c1ccccc1. The molecule has 1 amide bonds. The van der Waals surface area contributed by atoms with Gasteiger partial charge in [-0.05, 0) is 24.7 Å². The maximum atomic E-state index is 11.9. The van der Waals surface area contributed by atoms with Gasteiger partial charge in [-0.2, -0.15) is 0 Å². The van der Waals surface area contributed by atoms with Crippen LogP contribution in [0.15, 0.2) is 30.3 Å². The Morgan fingerprint density at radius 2 is 1.78 bits per heavy atom. The summed E-state index contributed by atoms with van der Waals surface area (Å²) in [4.78, 5) is 23.7.